The first kappa shape index (κ1) is 12.9. The van der Waals surface area contributed by atoms with Crippen molar-refractivity contribution in [3.8, 4) is 0 Å². The summed E-state index contributed by atoms with van der Waals surface area (Å²) < 4.78 is 0. The van der Waals surface area contributed by atoms with E-state index < -0.39 is 0 Å². The van der Waals surface area contributed by atoms with Gasteiger partial charge in [0.05, 0.1) is 5.69 Å². The number of hydrogen-bond acceptors (Lipinski definition) is 3. The number of nitrogens with two attached hydrogens (primary N) is 1. The fraction of sp³-hybridized carbons (Fsp3) is 0.0833. The van der Waals surface area contributed by atoms with Crippen molar-refractivity contribution < 1.29 is 0 Å². The van der Waals surface area contributed by atoms with Crippen molar-refractivity contribution >= 4 is 29.9 Å². The van der Waals surface area contributed by atoms with E-state index in [4.69, 9.17) is 5.73 Å². The first-order chi connectivity index (χ1) is 7.34. The van der Waals surface area contributed by atoms with Crippen molar-refractivity contribution in [1.82, 2.24) is 4.98 Å². The van der Waals surface area contributed by atoms with E-state index in [0.29, 0.717) is 0 Å². The molecule has 0 radical (unpaired) electrons. The van der Waals surface area contributed by atoms with E-state index in [2.05, 4.69) is 4.98 Å². The molecule has 0 fully saturated rings. The zero-order valence-electron chi connectivity index (χ0n) is 8.67. The van der Waals surface area contributed by atoms with Gasteiger partial charge < -0.3 is 5.73 Å². The number of aromatic nitrogens is 1. The Morgan fingerprint density at radius 2 is 1.81 bits per heavy atom. The highest BCUT2D eigenvalue weighted by atomic mass is 35.5. The highest BCUT2D eigenvalue weighted by Gasteiger charge is 1.96. The van der Waals surface area contributed by atoms with Crippen LogP contribution in [0.15, 0.2) is 53.6 Å². The molecule has 0 atom stereocenters. The molecule has 16 heavy (non-hydrogen) atoms. The quantitative estimate of drug-likeness (QED) is 0.672. The smallest absolute Gasteiger partial charge is 0.0506 e. The number of hydrogen-bond donors (Lipinski definition) is 1. The second-order valence-corrected chi connectivity index (χ2v) is 4.23. The second-order valence-electron chi connectivity index (χ2n) is 3.18. The van der Waals surface area contributed by atoms with Gasteiger partial charge in [-0.25, -0.2) is 0 Å². The van der Waals surface area contributed by atoms with E-state index in [1.165, 1.54) is 4.90 Å². The predicted molar refractivity (Wildman–Crippen MR) is 71.9 cm³/mol. The normalized spacial score (nSPS) is 9.50. The van der Waals surface area contributed by atoms with Crippen LogP contribution in [0.5, 0.6) is 0 Å². The molecule has 0 bridgehead atoms. The van der Waals surface area contributed by atoms with Crippen LogP contribution in [0.4, 0.5) is 5.69 Å². The Balaban J connectivity index is 0.00000128. The van der Waals surface area contributed by atoms with E-state index in [1.807, 2.05) is 48.7 Å². The lowest BCUT2D eigenvalue weighted by molar-refractivity contribution is 1.17. The maximum atomic E-state index is 5.61. The molecule has 4 heteroatoms. The number of anilines is 1. The molecule has 84 valence electrons. The SMILES string of the molecule is Cl.Nc1ccc(SCc2ccccn2)cc1. The fourth-order valence-electron chi connectivity index (χ4n) is 1.20. The summed E-state index contributed by atoms with van der Waals surface area (Å²) in [6, 6.07) is 13.9. The van der Waals surface area contributed by atoms with Gasteiger partial charge in [-0.15, -0.1) is 24.2 Å². The minimum atomic E-state index is 0. The van der Waals surface area contributed by atoms with Crippen LogP contribution in [-0.2, 0) is 5.75 Å². The summed E-state index contributed by atoms with van der Waals surface area (Å²) in [6.07, 6.45) is 1.82. The average Bonchev–Trinajstić information content (AvgIpc) is 2.30. The topological polar surface area (TPSA) is 38.9 Å². The Kier molecular flexibility index (Phi) is 5.15. The minimum absolute atomic E-state index is 0. The van der Waals surface area contributed by atoms with Gasteiger partial charge >= 0.3 is 0 Å². The molecule has 0 amide bonds. The van der Waals surface area contributed by atoms with Crippen LogP contribution in [0.3, 0.4) is 0 Å². The van der Waals surface area contributed by atoms with Gasteiger partial charge in [0, 0.05) is 22.5 Å². The number of pyridine rings is 1. The first-order valence-electron chi connectivity index (χ1n) is 4.73. The van der Waals surface area contributed by atoms with Crippen LogP contribution in [0.25, 0.3) is 0 Å². The number of nitrogens with zero attached hydrogens (tertiary/aromatic N) is 1. The van der Waals surface area contributed by atoms with Gasteiger partial charge in [0.15, 0.2) is 0 Å². The van der Waals surface area contributed by atoms with Crippen LogP contribution in [0, 0.1) is 0 Å². The van der Waals surface area contributed by atoms with Gasteiger partial charge in [-0.1, -0.05) is 6.07 Å². The Morgan fingerprint density at radius 3 is 2.44 bits per heavy atom. The van der Waals surface area contributed by atoms with Crippen LogP contribution in [-0.4, -0.2) is 4.98 Å². The zero-order valence-corrected chi connectivity index (χ0v) is 10.3. The fourth-order valence-corrected chi connectivity index (χ4v) is 2.02. The third-order valence-corrected chi connectivity index (χ3v) is 3.04. The van der Waals surface area contributed by atoms with E-state index in [-0.39, 0.29) is 12.4 Å². The standard InChI is InChI=1S/C12H12N2S.ClH/c13-10-4-6-12(7-5-10)15-9-11-3-1-2-8-14-11;/h1-8H,9,13H2;1H. The molecule has 0 aliphatic carbocycles. The Hall–Kier alpha value is -1.19. The molecule has 0 unspecified atom stereocenters. The highest BCUT2D eigenvalue weighted by Crippen LogP contribution is 2.22. The van der Waals surface area contributed by atoms with Crippen molar-refractivity contribution in [1.29, 1.82) is 0 Å². The monoisotopic (exact) mass is 252 g/mol. The Labute approximate surface area is 106 Å². The summed E-state index contributed by atoms with van der Waals surface area (Å²) in [4.78, 5) is 5.48. The third kappa shape index (κ3) is 3.76. The highest BCUT2D eigenvalue weighted by molar-refractivity contribution is 7.98. The number of rotatable bonds is 3. The summed E-state index contributed by atoms with van der Waals surface area (Å²) in [5.74, 6) is 0.894. The summed E-state index contributed by atoms with van der Waals surface area (Å²) in [6.45, 7) is 0. The molecular weight excluding hydrogens is 240 g/mol. The summed E-state index contributed by atoms with van der Waals surface area (Å²) in [7, 11) is 0. The van der Waals surface area contributed by atoms with Crippen molar-refractivity contribution in [3.63, 3.8) is 0 Å². The number of benzene rings is 1. The molecule has 0 spiro atoms. The van der Waals surface area contributed by atoms with Gasteiger partial charge in [-0.2, -0.15) is 0 Å². The summed E-state index contributed by atoms with van der Waals surface area (Å²) >= 11 is 1.76. The van der Waals surface area contributed by atoms with Gasteiger partial charge in [0.1, 0.15) is 0 Å². The first-order valence-corrected chi connectivity index (χ1v) is 5.71. The summed E-state index contributed by atoms with van der Waals surface area (Å²) in [5, 5.41) is 0. The van der Waals surface area contributed by atoms with E-state index in [0.717, 1.165) is 17.1 Å². The molecule has 2 N–H and O–H groups in total. The lowest BCUT2D eigenvalue weighted by atomic mass is 10.3. The van der Waals surface area contributed by atoms with Gasteiger partial charge in [0.2, 0.25) is 0 Å². The maximum Gasteiger partial charge on any atom is 0.0506 e. The van der Waals surface area contributed by atoms with Crippen LogP contribution < -0.4 is 5.73 Å². The molecule has 1 aromatic carbocycles. The molecule has 2 nitrogen and oxygen atoms in total. The maximum absolute atomic E-state index is 5.61. The van der Waals surface area contributed by atoms with Crippen molar-refractivity contribution in [2.24, 2.45) is 0 Å². The Morgan fingerprint density at radius 1 is 1.06 bits per heavy atom. The molecular formula is C12H13ClN2S. The van der Waals surface area contributed by atoms with E-state index in [1.54, 1.807) is 11.8 Å². The molecule has 0 aliphatic rings. The van der Waals surface area contributed by atoms with Gasteiger partial charge in [-0.3, -0.25) is 4.98 Å². The number of nitrogen functional groups attached to an aromatic ring is 1. The largest absolute Gasteiger partial charge is 0.399 e. The van der Waals surface area contributed by atoms with Crippen LogP contribution in [0.2, 0.25) is 0 Å². The van der Waals surface area contributed by atoms with Gasteiger partial charge in [-0.05, 0) is 36.4 Å². The summed E-state index contributed by atoms with van der Waals surface area (Å²) in [5.41, 5.74) is 7.51. The predicted octanol–water partition coefficient (Wildman–Crippen LogP) is 3.38. The van der Waals surface area contributed by atoms with Crippen LogP contribution >= 0.6 is 24.2 Å². The molecule has 0 aliphatic heterocycles. The van der Waals surface area contributed by atoms with E-state index in [9.17, 15) is 0 Å². The van der Waals surface area contributed by atoms with E-state index >= 15 is 0 Å². The van der Waals surface area contributed by atoms with Crippen LogP contribution in [0.1, 0.15) is 5.69 Å². The Bertz CT molecular complexity index is 417. The average molecular weight is 253 g/mol. The molecule has 0 saturated carbocycles. The van der Waals surface area contributed by atoms with Crippen molar-refractivity contribution in [3.05, 3.63) is 54.4 Å². The molecule has 2 aromatic rings. The lowest BCUT2D eigenvalue weighted by Gasteiger charge is -2.01. The van der Waals surface area contributed by atoms with Crippen molar-refractivity contribution in [2.45, 2.75) is 10.6 Å². The lowest BCUT2D eigenvalue weighted by Crippen LogP contribution is -1.85. The minimum Gasteiger partial charge on any atom is -0.399 e. The molecule has 1 aromatic heterocycles. The number of thioether (sulfide) groups is 1. The van der Waals surface area contributed by atoms with Gasteiger partial charge in [0.25, 0.3) is 0 Å². The molecule has 1 heterocycles. The third-order valence-electron chi connectivity index (χ3n) is 1.99. The second kappa shape index (κ2) is 6.40. The number of halogens is 1. The van der Waals surface area contributed by atoms with Crippen molar-refractivity contribution in [2.75, 3.05) is 5.73 Å². The molecule has 2 rings (SSSR count). The zero-order chi connectivity index (χ0) is 10.5. The molecule has 0 saturated heterocycles.